The molecule has 32 heavy (non-hydrogen) atoms. The van der Waals surface area contributed by atoms with E-state index >= 15 is 0 Å². The first-order valence-electron chi connectivity index (χ1n) is 11.6. The Labute approximate surface area is 196 Å². The molecule has 0 bridgehead atoms. The van der Waals surface area contributed by atoms with Crippen molar-refractivity contribution in [3.63, 3.8) is 0 Å². The van der Waals surface area contributed by atoms with Gasteiger partial charge >= 0.3 is 0 Å². The summed E-state index contributed by atoms with van der Waals surface area (Å²) in [7, 11) is 0. The minimum absolute atomic E-state index is 0.0819. The van der Waals surface area contributed by atoms with Crippen LogP contribution in [0, 0.1) is 10.1 Å². The van der Waals surface area contributed by atoms with Gasteiger partial charge in [0.1, 0.15) is 0 Å². The van der Waals surface area contributed by atoms with E-state index in [1.165, 1.54) is 69.6 Å². The van der Waals surface area contributed by atoms with Crippen LogP contribution in [0.2, 0.25) is 5.02 Å². The summed E-state index contributed by atoms with van der Waals surface area (Å²) in [5.41, 5.74) is 1.68. The summed E-state index contributed by atoms with van der Waals surface area (Å²) in [4.78, 5) is 25.5. The number of non-ortho nitro benzene ring substituents is 1. The zero-order chi connectivity index (χ0) is 23.3. The number of hydrogen-bond acceptors (Lipinski definition) is 4. The van der Waals surface area contributed by atoms with Gasteiger partial charge in [-0.05, 0) is 43.2 Å². The molecule has 1 amide bonds. The number of nitrogens with zero attached hydrogens (tertiary/aromatic N) is 2. The maximum atomic E-state index is 12.6. The van der Waals surface area contributed by atoms with Crippen LogP contribution in [0.1, 0.15) is 75.6 Å². The molecule has 174 valence electrons. The topological polar surface area (TPSA) is 75.5 Å². The van der Waals surface area contributed by atoms with E-state index in [9.17, 15) is 14.9 Å². The quantitative estimate of drug-likeness (QED) is 0.180. The molecule has 2 aromatic rings. The van der Waals surface area contributed by atoms with Crippen molar-refractivity contribution in [2.75, 3.05) is 23.3 Å². The number of halogens is 1. The van der Waals surface area contributed by atoms with Gasteiger partial charge in [0.05, 0.1) is 15.5 Å². The van der Waals surface area contributed by atoms with Crippen molar-refractivity contribution in [2.24, 2.45) is 0 Å². The van der Waals surface area contributed by atoms with Gasteiger partial charge in [0, 0.05) is 36.6 Å². The zero-order valence-corrected chi connectivity index (χ0v) is 19.9. The summed E-state index contributed by atoms with van der Waals surface area (Å²) in [6, 6.07) is 11.6. The van der Waals surface area contributed by atoms with E-state index in [1.54, 1.807) is 0 Å². The standard InChI is InChI=1S/C25H34ClN3O3/c1-3-5-7-9-17-28(18-10-8-6-4-2)21-13-11-20(12-14-21)27-25(30)23-19-22(29(31)32)15-16-24(23)26/h11-16,19H,3-10,17-18H2,1-2H3,(H,27,30). The number of nitro benzene ring substituents is 1. The Morgan fingerprint density at radius 2 is 1.53 bits per heavy atom. The molecule has 0 aliphatic rings. The number of carbonyl (C=O) groups excluding carboxylic acids is 1. The van der Waals surface area contributed by atoms with E-state index in [-0.39, 0.29) is 16.3 Å². The van der Waals surface area contributed by atoms with E-state index in [0.29, 0.717) is 5.69 Å². The van der Waals surface area contributed by atoms with Crippen LogP contribution in [-0.2, 0) is 0 Å². The molecular formula is C25H34ClN3O3. The van der Waals surface area contributed by atoms with E-state index in [1.807, 2.05) is 24.3 Å². The summed E-state index contributed by atoms with van der Waals surface area (Å²) >= 11 is 6.08. The average molecular weight is 460 g/mol. The third-order valence-electron chi connectivity index (χ3n) is 5.46. The van der Waals surface area contributed by atoms with Crippen molar-refractivity contribution >= 4 is 34.6 Å². The van der Waals surface area contributed by atoms with E-state index in [0.717, 1.165) is 18.8 Å². The molecule has 1 N–H and O–H groups in total. The van der Waals surface area contributed by atoms with Gasteiger partial charge in [0.2, 0.25) is 0 Å². The highest BCUT2D eigenvalue weighted by Crippen LogP contribution is 2.24. The highest BCUT2D eigenvalue weighted by molar-refractivity contribution is 6.34. The van der Waals surface area contributed by atoms with Crippen LogP contribution in [0.15, 0.2) is 42.5 Å². The van der Waals surface area contributed by atoms with Crippen molar-refractivity contribution in [1.82, 2.24) is 0 Å². The molecule has 0 spiro atoms. The first-order valence-corrected chi connectivity index (χ1v) is 11.9. The van der Waals surface area contributed by atoms with Crippen molar-refractivity contribution in [1.29, 1.82) is 0 Å². The van der Waals surface area contributed by atoms with Crippen LogP contribution >= 0.6 is 11.6 Å². The smallest absolute Gasteiger partial charge is 0.270 e. The molecule has 0 heterocycles. The number of nitro groups is 1. The Bertz CT molecular complexity index is 859. The molecule has 0 unspecified atom stereocenters. The normalized spacial score (nSPS) is 10.7. The Morgan fingerprint density at radius 1 is 0.938 bits per heavy atom. The number of carbonyl (C=O) groups is 1. The van der Waals surface area contributed by atoms with Crippen LogP contribution in [0.3, 0.4) is 0 Å². The van der Waals surface area contributed by atoms with Crippen LogP contribution in [-0.4, -0.2) is 23.9 Å². The van der Waals surface area contributed by atoms with Crippen molar-refractivity contribution in [3.05, 3.63) is 63.2 Å². The number of amides is 1. The average Bonchev–Trinajstić information content (AvgIpc) is 2.78. The molecule has 0 radical (unpaired) electrons. The lowest BCUT2D eigenvalue weighted by Gasteiger charge is -2.25. The Hall–Kier alpha value is -2.60. The molecule has 0 aromatic heterocycles. The molecule has 0 atom stereocenters. The Balaban J connectivity index is 2.05. The number of unbranched alkanes of at least 4 members (excludes halogenated alkanes) is 6. The third-order valence-corrected chi connectivity index (χ3v) is 5.79. The number of hydrogen-bond donors (Lipinski definition) is 1. The van der Waals surface area contributed by atoms with E-state index in [2.05, 4.69) is 24.1 Å². The van der Waals surface area contributed by atoms with Gasteiger partial charge in [0.15, 0.2) is 0 Å². The third kappa shape index (κ3) is 8.15. The predicted octanol–water partition coefficient (Wildman–Crippen LogP) is 7.47. The Kier molecular flexibility index (Phi) is 11.0. The summed E-state index contributed by atoms with van der Waals surface area (Å²) < 4.78 is 0. The molecular weight excluding hydrogens is 426 g/mol. The van der Waals surface area contributed by atoms with Gasteiger partial charge in [0.25, 0.3) is 11.6 Å². The largest absolute Gasteiger partial charge is 0.372 e. The van der Waals surface area contributed by atoms with Gasteiger partial charge in [-0.2, -0.15) is 0 Å². The molecule has 0 aliphatic carbocycles. The molecule has 0 aliphatic heterocycles. The van der Waals surface area contributed by atoms with Crippen LogP contribution in [0.25, 0.3) is 0 Å². The first kappa shape index (κ1) is 25.7. The second-order valence-corrected chi connectivity index (χ2v) is 8.44. The highest BCUT2D eigenvalue weighted by Gasteiger charge is 2.16. The minimum Gasteiger partial charge on any atom is -0.372 e. The second-order valence-electron chi connectivity index (χ2n) is 8.03. The fourth-order valence-corrected chi connectivity index (χ4v) is 3.79. The molecule has 0 saturated heterocycles. The van der Waals surface area contributed by atoms with E-state index in [4.69, 9.17) is 11.6 Å². The van der Waals surface area contributed by atoms with Crippen molar-refractivity contribution < 1.29 is 9.72 Å². The van der Waals surface area contributed by atoms with E-state index < -0.39 is 10.8 Å². The van der Waals surface area contributed by atoms with Gasteiger partial charge in [-0.25, -0.2) is 0 Å². The molecule has 6 nitrogen and oxygen atoms in total. The lowest BCUT2D eigenvalue weighted by molar-refractivity contribution is -0.384. The summed E-state index contributed by atoms with van der Waals surface area (Å²) in [6.07, 6.45) is 9.78. The highest BCUT2D eigenvalue weighted by atomic mass is 35.5. The van der Waals surface area contributed by atoms with Gasteiger partial charge in [-0.3, -0.25) is 14.9 Å². The minimum atomic E-state index is -0.544. The van der Waals surface area contributed by atoms with Gasteiger partial charge in [-0.1, -0.05) is 64.0 Å². The second kappa shape index (κ2) is 13.7. The molecule has 0 fully saturated rings. The number of nitrogens with one attached hydrogen (secondary N) is 1. The lowest BCUT2D eigenvalue weighted by Crippen LogP contribution is -2.25. The number of rotatable bonds is 14. The monoisotopic (exact) mass is 459 g/mol. The lowest BCUT2D eigenvalue weighted by atomic mass is 10.1. The molecule has 7 heteroatoms. The summed E-state index contributed by atoms with van der Waals surface area (Å²) in [5.74, 6) is -0.470. The summed E-state index contributed by atoms with van der Waals surface area (Å²) in [6.45, 7) is 6.50. The molecule has 2 aromatic carbocycles. The maximum Gasteiger partial charge on any atom is 0.270 e. The van der Waals surface area contributed by atoms with Crippen LogP contribution in [0.5, 0.6) is 0 Å². The molecule has 0 saturated carbocycles. The first-order chi connectivity index (χ1) is 15.5. The SMILES string of the molecule is CCCCCCN(CCCCCC)c1ccc(NC(=O)c2cc([N+](=O)[O-])ccc2Cl)cc1. The molecule has 2 rings (SSSR count). The number of benzene rings is 2. The maximum absolute atomic E-state index is 12.6. The van der Waals surface area contributed by atoms with Gasteiger partial charge < -0.3 is 10.2 Å². The predicted molar refractivity (Wildman–Crippen MR) is 133 cm³/mol. The van der Waals surface area contributed by atoms with Crippen molar-refractivity contribution in [3.8, 4) is 0 Å². The Morgan fingerprint density at radius 3 is 2.06 bits per heavy atom. The zero-order valence-electron chi connectivity index (χ0n) is 19.1. The summed E-state index contributed by atoms with van der Waals surface area (Å²) in [5, 5.41) is 14.0. The van der Waals surface area contributed by atoms with Crippen molar-refractivity contribution in [2.45, 2.75) is 65.2 Å². The van der Waals surface area contributed by atoms with Crippen LogP contribution in [0.4, 0.5) is 17.1 Å². The fraction of sp³-hybridized carbons (Fsp3) is 0.480. The number of anilines is 2. The van der Waals surface area contributed by atoms with Gasteiger partial charge in [-0.15, -0.1) is 0 Å². The van der Waals surface area contributed by atoms with Crippen LogP contribution < -0.4 is 10.2 Å². The fourth-order valence-electron chi connectivity index (χ4n) is 3.58.